The first kappa shape index (κ1) is 19.0. The molecule has 8 heteroatoms. The van der Waals surface area contributed by atoms with Gasteiger partial charge in [-0.25, -0.2) is 4.79 Å². The fourth-order valence-corrected chi connectivity index (χ4v) is 3.64. The van der Waals surface area contributed by atoms with Gasteiger partial charge in [0.1, 0.15) is 0 Å². The number of nitrogens with zero attached hydrogens (tertiary/aromatic N) is 5. The van der Waals surface area contributed by atoms with Crippen molar-refractivity contribution in [1.82, 2.24) is 29.5 Å². The number of aromatic nitrogens is 3. The molecule has 0 atom stereocenters. The lowest BCUT2D eigenvalue weighted by atomic mass is 10.2. The van der Waals surface area contributed by atoms with Crippen molar-refractivity contribution in [3.05, 3.63) is 40.5 Å². The van der Waals surface area contributed by atoms with Crippen molar-refractivity contribution in [2.45, 2.75) is 47.0 Å². The van der Waals surface area contributed by atoms with Gasteiger partial charge in [-0.3, -0.25) is 9.48 Å². The van der Waals surface area contributed by atoms with Crippen LogP contribution in [-0.4, -0.2) is 56.7 Å². The summed E-state index contributed by atoms with van der Waals surface area (Å²) in [5, 5.41) is 7.53. The van der Waals surface area contributed by atoms with Crippen molar-refractivity contribution >= 4 is 11.9 Å². The molecule has 0 spiro atoms. The Morgan fingerprint density at radius 3 is 2.59 bits per heavy atom. The van der Waals surface area contributed by atoms with Crippen LogP contribution in [0.2, 0.25) is 0 Å². The number of hydrogen-bond donors (Lipinski definition) is 1. The Bertz CT molecular complexity index is 864. The van der Waals surface area contributed by atoms with Gasteiger partial charge in [-0.1, -0.05) is 0 Å². The van der Waals surface area contributed by atoms with Gasteiger partial charge in [-0.05, 0) is 32.9 Å². The molecule has 0 saturated carbocycles. The molecule has 3 heterocycles. The van der Waals surface area contributed by atoms with Crippen LogP contribution in [0, 0.1) is 13.8 Å². The van der Waals surface area contributed by atoms with Crippen LogP contribution in [0.5, 0.6) is 0 Å². The molecular weight excluding hydrogens is 344 g/mol. The lowest BCUT2D eigenvalue weighted by molar-refractivity contribution is 0.0949. The van der Waals surface area contributed by atoms with Gasteiger partial charge >= 0.3 is 6.03 Å². The van der Waals surface area contributed by atoms with Gasteiger partial charge in [0, 0.05) is 38.6 Å². The van der Waals surface area contributed by atoms with Crippen molar-refractivity contribution in [2.24, 2.45) is 0 Å². The maximum atomic E-state index is 12.6. The lowest BCUT2D eigenvalue weighted by Gasteiger charge is -2.29. The molecule has 2 aromatic rings. The van der Waals surface area contributed by atoms with E-state index in [-0.39, 0.29) is 11.9 Å². The third kappa shape index (κ3) is 3.70. The number of carbonyl (C=O) groups is 2. The Balaban J connectivity index is 1.65. The van der Waals surface area contributed by atoms with E-state index in [0.717, 1.165) is 29.3 Å². The van der Waals surface area contributed by atoms with Crippen LogP contribution in [0.15, 0.2) is 12.1 Å². The lowest BCUT2D eigenvalue weighted by Crippen LogP contribution is -2.43. The molecule has 0 aromatic carbocycles. The molecule has 1 aliphatic rings. The van der Waals surface area contributed by atoms with E-state index in [0.29, 0.717) is 31.7 Å². The minimum absolute atomic E-state index is 0.00332. The number of carbonyl (C=O) groups excluding carboxylic acids is 2. The molecule has 2 aromatic heterocycles. The van der Waals surface area contributed by atoms with E-state index in [2.05, 4.69) is 21.9 Å². The fraction of sp³-hybridized carbons (Fsp3) is 0.526. The minimum atomic E-state index is -0.0850. The third-order valence-electron chi connectivity index (χ3n) is 5.07. The van der Waals surface area contributed by atoms with Crippen molar-refractivity contribution < 1.29 is 9.59 Å². The maximum Gasteiger partial charge on any atom is 0.319 e. The molecule has 3 amide bonds. The van der Waals surface area contributed by atoms with Crippen LogP contribution in [0.1, 0.15) is 40.1 Å². The van der Waals surface area contributed by atoms with Gasteiger partial charge in [0.25, 0.3) is 5.91 Å². The number of nitrogens with one attached hydrogen (secondary N) is 1. The average molecular weight is 372 g/mol. The highest BCUT2D eigenvalue weighted by atomic mass is 16.2. The van der Waals surface area contributed by atoms with Crippen LogP contribution in [0.4, 0.5) is 4.79 Å². The zero-order valence-electron chi connectivity index (χ0n) is 16.7. The first-order valence-corrected chi connectivity index (χ1v) is 9.28. The first-order chi connectivity index (χ1) is 12.8. The number of aryl methyl sites for hydroxylation is 1. The number of urea groups is 1. The predicted octanol–water partition coefficient (Wildman–Crippen LogP) is 1.75. The van der Waals surface area contributed by atoms with E-state index in [1.165, 1.54) is 0 Å². The summed E-state index contributed by atoms with van der Waals surface area (Å²) in [6, 6.07) is 3.89. The van der Waals surface area contributed by atoms with Gasteiger partial charge in [0.2, 0.25) is 0 Å². The zero-order valence-corrected chi connectivity index (χ0v) is 16.7. The average Bonchev–Trinajstić information content (AvgIpc) is 3.18. The van der Waals surface area contributed by atoms with E-state index in [4.69, 9.17) is 0 Å². The van der Waals surface area contributed by atoms with Crippen molar-refractivity contribution in [3.8, 4) is 0 Å². The zero-order chi connectivity index (χ0) is 19.7. The van der Waals surface area contributed by atoms with Gasteiger partial charge in [-0.15, -0.1) is 0 Å². The first-order valence-electron chi connectivity index (χ1n) is 9.28. The summed E-state index contributed by atoms with van der Waals surface area (Å²) in [6.07, 6.45) is 0. The Morgan fingerprint density at radius 1 is 1.22 bits per heavy atom. The van der Waals surface area contributed by atoms with E-state index in [9.17, 15) is 9.59 Å². The summed E-state index contributed by atoms with van der Waals surface area (Å²) < 4.78 is 4.05. The molecule has 146 valence electrons. The molecule has 1 N–H and O–H groups in total. The summed E-state index contributed by atoms with van der Waals surface area (Å²) in [6.45, 7) is 9.12. The third-order valence-corrected chi connectivity index (χ3v) is 5.07. The van der Waals surface area contributed by atoms with Gasteiger partial charge in [0.05, 0.1) is 36.6 Å². The topological polar surface area (TPSA) is 75.4 Å². The fourth-order valence-electron chi connectivity index (χ4n) is 3.64. The van der Waals surface area contributed by atoms with E-state index in [1.54, 1.807) is 23.9 Å². The van der Waals surface area contributed by atoms with Crippen molar-refractivity contribution in [3.63, 3.8) is 0 Å². The van der Waals surface area contributed by atoms with E-state index >= 15 is 0 Å². The highest BCUT2D eigenvalue weighted by Crippen LogP contribution is 2.17. The second-order valence-corrected chi connectivity index (χ2v) is 7.16. The minimum Gasteiger partial charge on any atom is -0.349 e. The highest BCUT2D eigenvalue weighted by Gasteiger charge is 2.23. The number of rotatable bonds is 4. The van der Waals surface area contributed by atoms with Crippen LogP contribution in [0.3, 0.4) is 0 Å². The second kappa shape index (κ2) is 7.46. The van der Waals surface area contributed by atoms with E-state index in [1.807, 2.05) is 30.7 Å². The van der Waals surface area contributed by atoms with Crippen LogP contribution in [-0.2, 0) is 26.2 Å². The molecule has 1 aliphatic heterocycles. The van der Waals surface area contributed by atoms with E-state index < -0.39 is 0 Å². The Kier molecular flexibility index (Phi) is 5.25. The summed E-state index contributed by atoms with van der Waals surface area (Å²) in [5.74, 6) is -0.0850. The summed E-state index contributed by atoms with van der Waals surface area (Å²) in [5.41, 5.74) is 4.57. The summed E-state index contributed by atoms with van der Waals surface area (Å²) >= 11 is 0. The Labute approximate surface area is 159 Å². The number of hydrogen-bond acceptors (Lipinski definition) is 3. The molecule has 0 unspecified atom stereocenters. The number of amides is 3. The summed E-state index contributed by atoms with van der Waals surface area (Å²) in [4.78, 5) is 28.1. The molecule has 0 aliphatic carbocycles. The Morgan fingerprint density at radius 2 is 1.96 bits per heavy atom. The van der Waals surface area contributed by atoms with Crippen molar-refractivity contribution in [1.29, 1.82) is 0 Å². The molecule has 0 bridgehead atoms. The van der Waals surface area contributed by atoms with Crippen molar-refractivity contribution in [2.75, 3.05) is 20.6 Å². The molecule has 3 rings (SSSR count). The van der Waals surface area contributed by atoms with Gasteiger partial charge < -0.3 is 19.7 Å². The SMILES string of the molecule is CCn1c(C)cc(C(=O)NCc2cc3n(n2)CCN(C(=O)N(C)C)C3)c1C. The largest absolute Gasteiger partial charge is 0.349 e. The standard InChI is InChI=1S/C19H28N6O2/c1-6-24-13(2)9-17(14(24)3)18(26)20-11-15-10-16-12-23(19(27)22(4)5)7-8-25(16)21-15/h9-10H,6-8,11-12H2,1-5H3,(H,20,26). The molecular formula is C19H28N6O2. The Hall–Kier alpha value is -2.77. The summed E-state index contributed by atoms with van der Waals surface area (Å²) in [7, 11) is 3.51. The molecule has 0 fully saturated rings. The monoisotopic (exact) mass is 372 g/mol. The van der Waals surface area contributed by atoms with Crippen LogP contribution < -0.4 is 5.32 Å². The molecule has 0 radical (unpaired) electrons. The maximum absolute atomic E-state index is 12.6. The normalized spacial score (nSPS) is 13.4. The van der Waals surface area contributed by atoms with Crippen LogP contribution in [0.25, 0.3) is 0 Å². The quantitative estimate of drug-likeness (QED) is 0.888. The van der Waals surface area contributed by atoms with Gasteiger partial charge in [-0.2, -0.15) is 5.10 Å². The van der Waals surface area contributed by atoms with Crippen LogP contribution >= 0.6 is 0 Å². The molecule has 0 saturated heterocycles. The van der Waals surface area contributed by atoms with Gasteiger partial charge in [0.15, 0.2) is 0 Å². The predicted molar refractivity (Wildman–Crippen MR) is 102 cm³/mol. The highest BCUT2D eigenvalue weighted by molar-refractivity contribution is 5.95. The smallest absolute Gasteiger partial charge is 0.319 e. The molecule has 8 nitrogen and oxygen atoms in total. The number of fused-ring (bicyclic) bond motifs is 1. The molecule has 27 heavy (non-hydrogen) atoms. The second-order valence-electron chi connectivity index (χ2n) is 7.16.